The van der Waals surface area contributed by atoms with Crippen LogP contribution in [0.15, 0.2) is 18.2 Å². The molecule has 0 heterocycles. The van der Waals surface area contributed by atoms with Gasteiger partial charge in [0, 0.05) is 12.5 Å². The first-order valence-electron chi connectivity index (χ1n) is 4.91. The average molecular weight is 213 g/mol. The van der Waals surface area contributed by atoms with Crippen LogP contribution < -0.4 is 5.73 Å². The minimum atomic E-state index is -0.950. The molecule has 1 fully saturated rings. The topological polar surface area (TPSA) is 46.2 Å². The van der Waals surface area contributed by atoms with Gasteiger partial charge in [0.1, 0.15) is 0 Å². The van der Waals surface area contributed by atoms with Gasteiger partial charge in [-0.1, -0.05) is 12.1 Å². The van der Waals surface area contributed by atoms with Crippen molar-refractivity contribution < 1.29 is 13.9 Å². The van der Waals surface area contributed by atoms with Crippen molar-refractivity contribution in [3.8, 4) is 0 Å². The van der Waals surface area contributed by atoms with Crippen molar-refractivity contribution in [2.24, 2.45) is 5.73 Å². The lowest BCUT2D eigenvalue weighted by atomic mass is 9.72. The molecular formula is C11H13F2NO. The van der Waals surface area contributed by atoms with E-state index < -0.39 is 17.2 Å². The maximum atomic E-state index is 13.3. The van der Waals surface area contributed by atoms with E-state index >= 15 is 0 Å². The Balaban J connectivity index is 2.15. The first kappa shape index (κ1) is 10.5. The Morgan fingerprint density at radius 3 is 2.67 bits per heavy atom. The second-order valence-corrected chi connectivity index (χ2v) is 4.28. The Morgan fingerprint density at radius 2 is 2.07 bits per heavy atom. The van der Waals surface area contributed by atoms with E-state index in [1.807, 2.05) is 0 Å². The Kier molecular flexibility index (Phi) is 2.48. The van der Waals surface area contributed by atoms with Gasteiger partial charge in [-0.25, -0.2) is 8.78 Å². The standard InChI is InChI=1S/C11H13F2NO/c12-9-3-1-2-7(10(9)13)4-11(15)5-8(14)6-11/h1-3,8,15H,4-6,14H2. The largest absolute Gasteiger partial charge is 0.389 e. The third-order valence-electron chi connectivity index (χ3n) is 2.84. The van der Waals surface area contributed by atoms with Gasteiger partial charge >= 0.3 is 0 Å². The predicted molar refractivity (Wildman–Crippen MR) is 52.2 cm³/mol. The Hall–Kier alpha value is -1.00. The van der Waals surface area contributed by atoms with Gasteiger partial charge in [-0.2, -0.15) is 0 Å². The first-order valence-corrected chi connectivity index (χ1v) is 4.91. The van der Waals surface area contributed by atoms with Crippen molar-refractivity contribution in [3.63, 3.8) is 0 Å². The molecule has 15 heavy (non-hydrogen) atoms. The summed E-state index contributed by atoms with van der Waals surface area (Å²) in [5, 5.41) is 9.88. The van der Waals surface area contributed by atoms with E-state index in [0.717, 1.165) is 6.07 Å². The predicted octanol–water partition coefficient (Wildman–Crippen LogP) is 1.36. The molecule has 1 aliphatic carbocycles. The van der Waals surface area contributed by atoms with Gasteiger partial charge in [-0.05, 0) is 24.5 Å². The Morgan fingerprint density at radius 1 is 1.40 bits per heavy atom. The maximum Gasteiger partial charge on any atom is 0.162 e. The molecule has 0 aliphatic heterocycles. The maximum absolute atomic E-state index is 13.3. The fraction of sp³-hybridized carbons (Fsp3) is 0.455. The summed E-state index contributed by atoms with van der Waals surface area (Å²) in [6, 6.07) is 3.97. The minimum Gasteiger partial charge on any atom is -0.389 e. The van der Waals surface area contributed by atoms with E-state index in [2.05, 4.69) is 0 Å². The molecule has 0 saturated heterocycles. The lowest BCUT2D eigenvalue weighted by Gasteiger charge is -2.42. The second-order valence-electron chi connectivity index (χ2n) is 4.28. The van der Waals surface area contributed by atoms with Crippen LogP contribution in [0, 0.1) is 11.6 Å². The number of halogens is 2. The third-order valence-corrected chi connectivity index (χ3v) is 2.84. The Labute approximate surface area is 86.7 Å². The van der Waals surface area contributed by atoms with Gasteiger partial charge < -0.3 is 10.8 Å². The van der Waals surface area contributed by atoms with Crippen LogP contribution in [0.25, 0.3) is 0 Å². The number of rotatable bonds is 2. The molecule has 4 heteroatoms. The summed E-state index contributed by atoms with van der Waals surface area (Å²) in [6.07, 6.45) is 1.02. The molecule has 1 aliphatic rings. The summed E-state index contributed by atoms with van der Waals surface area (Å²) in [6.45, 7) is 0. The molecule has 0 bridgehead atoms. The van der Waals surface area contributed by atoms with Crippen molar-refractivity contribution in [2.75, 3.05) is 0 Å². The molecule has 0 aromatic heterocycles. The molecule has 1 saturated carbocycles. The highest BCUT2D eigenvalue weighted by atomic mass is 19.2. The van der Waals surface area contributed by atoms with E-state index in [1.54, 1.807) is 0 Å². The van der Waals surface area contributed by atoms with E-state index in [-0.39, 0.29) is 18.0 Å². The fourth-order valence-corrected chi connectivity index (χ4v) is 2.10. The smallest absolute Gasteiger partial charge is 0.162 e. The SMILES string of the molecule is NC1CC(O)(Cc2cccc(F)c2F)C1. The molecule has 0 atom stereocenters. The van der Waals surface area contributed by atoms with Crippen LogP contribution in [0.4, 0.5) is 8.78 Å². The quantitative estimate of drug-likeness (QED) is 0.779. The van der Waals surface area contributed by atoms with Crippen molar-refractivity contribution in [3.05, 3.63) is 35.4 Å². The summed E-state index contributed by atoms with van der Waals surface area (Å²) < 4.78 is 26.1. The monoisotopic (exact) mass is 213 g/mol. The molecule has 2 nitrogen and oxygen atoms in total. The summed E-state index contributed by atoms with van der Waals surface area (Å²) in [4.78, 5) is 0. The molecule has 1 aromatic carbocycles. The normalized spacial score (nSPS) is 30.0. The van der Waals surface area contributed by atoms with E-state index in [0.29, 0.717) is 12.8 Å². The first-order chi connectivity index (χ1) is 7.00. The van der Waals surface area contributed by atoms with Crippen molar-refractivity contribution in [1.29, 1.82) is 0 Å². The second kappa shape index (κ2) is 3.54. The molecular weight excluding hydrogens is 200 g/mol. The van der Waals surface area contributed by atoms with Crippen LogP contribution in [-0.2, 0) is 6.42 Å². The van der Waals surface area contributed by atoms with E-state index in [9.17, 15) is 13.9 Å². The van der Waals surface area contributed by atoms with Crippen molar-refractivity contribution >= 4 is 0 Å². The summed E-state index contributed by atoms with van der Waals surface area (Å²) in [5.74, 6) is -1.74. The highest BCUT2D eigenvalue weighted by molar-refractivity contribution is 5.22. The zero-order chi connectivity index (χ0) is 11.1. The lowest BCUT2D eigenvalue weighted by Crippen LogP contribution is -2.52. The van der Waals surface area contributed by atoms with Gasteiger partial charge in [0.05, 0.1) is 5.60 Å². The zero-order valence-corrected chi connectivity index (χ0v) is 8.21. The molecule has 0 spiro atoms. The molecule has 2 rings (SSSR count). The van der Waals surface area contributed by atoms with Crippen LogP contribution in [0.3, 0.4) is 0 Å². The zero-order valence-electron chi connectivity index (χ0n) is 8.21. The molecule has 0 radical (unpaired) electrons. The van der Waals surface area contributed by atoms with Crippen LogP contribution >= 0.6 is 0 Å². The Bertz CT molecular complexity index is 375. The summed E-state index contributed by atoms with van der Waals surface area (Å²) in [5.41, 5.74) is 4.81. The van der Waals surface area contributed by atoms with Crippen LogP contribution in [0.2, 0.25) is 0 Å². The summed E-state index contributed by atoms with van der Waals surface area (Å²) in [7, 11) is 0. The number of aliphatic hydroxyl groups is 1. The fourth-order valence-electron chi connectivity index (χ4n) is 2.10. The highest BCUT2D eigenvalue weighted by Crippen LogP contribution is 2.34. The van der Waals surface area contributed by atoms with Crippen LogP contribution in [0.1, 0.15) is 18.4 Å². The molecule has 0 unspecified atom stereocenters. The van der Waals surface area contributed by atoms with Crippen molar-refractivity contribution in [2.45, 2.75) is 30.9 Å². The minimum absolute atomic E-state index is 0.0216. The third kappa shape index (κ3) is 2.01. The molecule has 82 valence electrons. The van der Waals surface area contributed by atoms with E-state index in [4.69, 9.17) is 5.73 Å². The summed E-state index contributed by atoms with van der Waals surface area (Å²) >= 11 is 0. The number of hydrogen-bond acceptors (Lipinski definition) is 2. The number of nitrogens with two attached hydrogens (primary N) is 1. The van der Waals surface area contributed by atoms with Crippen LogP contribution in [-0.4, -0.2) is 16.7 Å². The lowest BCUT2D eigenvalue weighted by molar-refractivity contribution is -0.0461. The van der Waals surface area contributed by atoms with Crippen LogP contribution in [0.5, 0.6) is 0 Å². The van der Waals surface area contributed by atoms with Gasteiger partial charge in [-0.15, -0.1) is 0 Å². The highest BCUT2D eigenvalue weighted by Gasteiger charge is 2.41. The molecule has 3 N–H and O–H groups in total. The number of hydrogen-bond donors (Lipinski definition) is 2. The van der Waals surface area contributed by atoms with Crippen molar-refractivity contribution in [1.82, 2.24) is 0 Å². The van der Waals surface area contributed by atoms with Gasteiger partial charge in [0.2, 0.25) is 0 Å². The van der Waals surface area contributed by atoms with Gasteiger partial charge in [0.25, 0.3) is 0 Å². The van der Waals surface area contributed by atoms with E-state index in [1.165, 1.54) is 12.1 Å². The van der Waals surface area contributed by atoms with Gasteiger partial charge in [-0.3, -0.25) is 0 Å². The number of benzene rings is 1. The van der Waals surface area contributed by atoms with Gasteiger partial charge in [0.15, 0.2) is 11.6 Å². The molecule has 1 aromatic rings. The average Bonchev–Trinajstić information content (AvgIpc) is 2.11. The molecule has 0 amide bonds.